The summed E-state index contributed by atoms with van der Waals surface area (Å²) < 4.78 is 5.04. The number of imidazole rings is 1. The molecule has 1 amide bonds. The highest BCUT2D eigenvalue weighted by Gasteiger charge is 2.12. The molecule has 0 atom stereocenters. The molecule has 0 radical (unpaired) electrons. The first-order valence-corrected chi connectivity index (χ1v) is 4.95. The van der Waals surface area contributed by atoms with E-state index in [0.717, 1.165) is 0 Å². The second-order valence-electron chi connectivity index (χ2n) is 3.35. The van der Waals surface area contributed by atoms with Gasteiger partial charge in [-0.3, -0.25) is 10.1 Å². The van der Waals surface area contributed by atoms with Crippen molar-refractivity contribution in [3.8, 4) is 5.75 Å². The Morgan fingerprint density at radius 1 is 1.53 bits per heavy atom. The number of methoxy groups -OCH3 is 1. The Bertz CT molecular complexity index is 522. The Morgan fingerprint density at radius 3 is 3.00 bits per heavy atom. The summed E-state index contributed by atoms with van der Waals surface area (Å²) in [6.45, 7) is 0. The molecule has 0 aliphatic heterocycles. The van der Waals surface area contributed by atoms with Gasteiger partial charge in [-0.15, -0.1) is 0 Å². The molecule has 88 valence electrons. The minimum absolute atomic E-state index is 0.337. The van der Waals surface area contributed by atoms with Gasteiger partial charge in [-0.25, -0.2) is 4.98 Å². The van der Waals surface area contributed by atoms with Gasteiger partial charge in [0.05, 0.1) is 12.7 Å². The second kappa shape index (κ2) is 4.56. The molecular formula is C11H12N4O2. The molecule has 0 spiro atoms. The van der Waals surface area contributed by atoms with Gasteiger partial charge in [-0.2, -0.15) is 0 Å². The van der Waals surface area contributed by atoms with Gasteiger partial charge < -0.3 is 15.5 Å². The molecule has 6 heteroatoms. The summed E-state index contributed by atoms with van der Waals surface area (Å²) in [5.41, 5.74) is 6.46. The normalized spacial score (nSPS) is 9.94. The molecule has 2 rings (SSSR count). The Balaban J connectivity index is 2.24. The zero-order chi connectivity index (χ0) is 12.3. The highest BCUT2D eigenvalue weighted by Crippen LogP contribution is 2.20. The van der Waals surface area contributed by atoms with Crippen LogP contribution in [0.15, 0.2) is 30.6 Å². The maximum absolute atomic E-state index is 11.9. The summed E-state index contributed by atoms with van der Waals surface area (Å²) in [4.78, 5) is 18.6. The molecule has 1 aromatic heterocycles. The van der Waals surface area contributed by atoms with Crippen LogP contribution in [0.1, 0.15) is 10.4 Å². The smallest absolute Gasteiger partial charge is 0.260 e. The number of hydrogen-bond donors (Lipinski definition) is 3. The topological polar surface area (TPSA) is 93.0 Å². The van der Waals surface area contributed by atoms with Gasteiger partial charge in [0.1, 0.15) is 5.75 Å². The molecule has 0 bridgehead atoms. The zero-order valence-electron chi connectivity index (χ0n) is 9.23. The van der Waals surface area contributed by atoms with Crippen molar-refractivity contribution < 1.29 is 9.53 Å². The summed E-state index contributed by atoms with van der Waals surface area (Å²) in [6.07, 6.45) is 3.16. The molecule has 0 aliphatic carbocycles. The van der Waals surface area contributed by atoms with E-state index in [1.54, 1.807) is 30.6 Å². The number of nitrogen functional groups attached to an aromatic ring is 1. The molecule has 2 aromatic rings. The molecule has 4 N–H and O–H groups in total. The fraction of sp³-hybridized carbons (Fsp3) is 0.0909. The van der Waals surface area contributed by atoms with E-state index in [0.29, 0.717) is 22.9 Å². The van der Waals surface area contributed by atoms with Crippen molar-refractivity contribution in [2.75, 3.05) is 18.2 Å². The van der Waals surface area contributed by atoms with Gasteiger partial charge in [0.15, 0.2) is 0 Å². The Kier molecular flexibility index (Phi) is 2.95. The van der Waals surface area contributed by atoms with Crippen molar-refractivity contribution in [1.29, 1.82) is 0 Å². The number of H-pyrrole nitrogens is 1. The third kappa shape index (κ3) is 2.36. The summed E-state index contributed by atoms with van der Waals surface area (Å²) in [6, 6.07) is 4.89. The highest BCUT2D eigenvalue weighted by molar-refractivity contribution is 6.07. The molecule has 0 saturated carbocycles. The fourth-order valence-electron chi connectivity index (χ4n) is 1.37. The number of aromatic nitrogens is 2. The quantitative estimate of drug-likeness (QED) is 0.694. The van der Waals surface area contributed by atoms with Crippen molar-refractivity contribution in [3.63, 3.8) is 0 Å². The number of nitrogens with zero attached hydrogens (tertiary/aromatic N) is 1. The Hall–Kier alpha value is -2.50. The van der Waals surface area contributed by atoms with E-state index in [2.05, 4.69) is 15.3 Å². The predicted molar refractivity (Wildman–Crippen MR) is 63.9 cm³/mol. The number of anilines is 2. The van der Waals surface area contributed by atoms with Crippen molar-refractivity contribution in [2.24, 2.45) is 0 Å². The molecule has 0 fully saturated rings. The van der Waals surface area contributed by atoms with Crippen LogP contribution in [0, 0.1) is 0 Å². The van der Waals surface area contributed by atoms with Gasteiger partial charge in [-0.1, -0.05) is 0 Å². The van der Waals surface area contributed by atoms with Gasteiger partial charge >= 0.3 is 0 Å². The van der Waals surface area contributed by atoms with Crippen LogP contribution in [0.4, 0.5) is 11.6 Å². The minimum atomic E-state index is -0.337. The lowest BCUT2D eigenvalue weighted by atomic mass is 10.1. The standard InChI is InChI=1S/C11H12N4O2/c1-17-7-2-3-9(12)8(6-7)10(16)15-11-13-4-5-14-11/h2-6H,12H2,1H3,(H2,13,14,15,16). The summed E-state index contributed by atoms with van der Waals surface area (Å²) in [5.74, 6) is 0.609. The van der Waals surface area contributed by atoms with Gasteiger partial charge in [-0.05, 0) is 18.2 Å². The Morgan fingerprint density at radius 2 is 2.35 bits per heavy atom. The number of ether oxygens (including phenoxy) is 1. The third-order valence-corrected chi connectivity index (χ3v) is 2.24. The highest BCUT2D eigenvalue weighted by atomic mass is 16.5. The van der Waals surface area contributed by atoms with Crippen LogP contribution in [0.2, 0.25) is 0 Å². The number of carbonyl (C=O) groups is 1. The summed E-state index contributed by atoms with van der Waals surface area (Å²) in [7, 11) is 1.53. The second-order valence-corrected chi connectivity index (χ2v) is 3.35. The maximum Gasteiger partial charge on any atom is 0.260 e. The maximum atomic E-state index is 11.9. The van der Waals surface area contributed by atoms with Gasteiger partial charge in [0.25, 0.3) is 5.91 Å². The number of benzene rings is 1. The van der Waals surface area contributed by atoms with Crippen molar-refractivity contribution >= 4 is 17.5 Å². The predicted octanol–water partition coefficient (Wildman–Crippen LogP) is 1.25. The average Bonchev–Trinajstić information content (AvgIpc) is 2.82. The van der Waals surface area contributed by atoms with E-state index in [4.69, 9.17) is 10.5 Å². The van der Waals surface area contributed by atoms with Gasteiger partial charge in [0, 0.05) is 18.1 Å². The van der Waals surface area contributed by atoms with Crippen LogP contribution in [0.25, 0.3) is 0 Å². The first kappa shape index (κ1) is 11.0. The van der Waals surface area contributed by atoms with Crippen molar-refractivity contribution in [3.05, 3.63) is 36.2 Å². The first-order chi connectivity index (χ1) is 8.20. The number of carbonyl (C=O) groups excluding carboxylic acids is 1. The fourth-order valence-corrected chi connectivity index (χ4v) is 1.37. The molecule has 0 saturated heterocycles. The van der Waals surface area contributed by atoms with Crippen LogP contribution in [-0.4, -0.2) is 23.0 Å². The molecule has 1 aromatic carbocycles. The van der Waals surface area contributed by atoms with Crippen LogP contribution in [-0.2, 0) is 0 Å². The van der Waals surface area contributed by atoms with Crippen molar-refractivity contribution in [1.82, 2.24) is 9.97 Å². The van der Waals surface area contributed by atoms with Crippen LogP contribution in [0.5, 0.6) is 5.75 Å². The number of hydrogen-bond acceptors (Lipinski definition) is 4. The monoisotopic (exact) mass is 232 g/mol. The third-order valence-electron chi connectivity index (χ3n) is 2.24. The number of nitrogens with two attached hydrogens (primary N) is 1. The number of amides is 1. The SMILES string of the molecule is COc1ccc(N)c(C(=O)Nc2ncc[nH]2)c1. The molecule has 0 aliphatic rings. The first-order valence-electron chi connectivity index (χ1n) is 4.95. The largest absolute Gasteiger partial charge is 0.497 e. The lowest BCUT2D eigenvalue weighted by Gasteiger charge is -2.07. The number of aromatic amines is 1. The van der Waals surface area contributed by atoms with E-state index in [1.807, 2.05) is 0 Å². The lowest BCUT2D eigenvalue weighted by molar-refractivity contribution is 0.102. The van der Waals surface area contributed by atoms with E-state index < -0.39 is 0 Å². The van der Waals surface area contributed by atoms with E-state index in [9.17, 15) is 4.79 Å². The molecule has 1 heterocycles. The van der Waals surface area contributed by atoms with E-state index in [1.165, 1.54) is 7.11 Å². The zero-order valence-corrected chi connectivity index (χ0v) is 9.23. The Labute approximate surface area is 97.8 Å². The average molecular weight is 232 g/mol. The number of rotatable bonds is 3. The minimum Gasteiger partial charge on any atom is -0.497 e. The van der Waals surface area contributed by atoms with Gasteiger partial charge in [0.2, 0.25) is 5.95 Å². The lowest BCUT2D eigenvalue weighted by Crippen LogP contribution is -2.15. The summed E-state index contributed by atoms with van der Waals surface area (Å²) >= 11 is 0. The molecule has 0 unspecified atom stereocenters. The van der Waals surface area contributed by atoms with E-state index >= 15 is 0 Å². The molecule has 6 nitrogen and oxygen atoms in total. The van der Waals surface area contributed by atoms with Crippen LogP contribution in [0.3, 0.4) is 0 Å². The van der Waals surface area contributed by atoms with E-state index in [-0.39, 0.29) is 5.91 Å². The van der Waals surface area contributed by atoms with Crippen LogP contribution >= 0.6 is 0 Å². The molecule has 17 heavy (non-hydrogen) atoms. The molecular weight excluding hydrogens is 220 g/mol. The number of nitrogens with one attached hydrogen (secondary N) is 2. The van der Waals surface area contributed by atoms with Crippen LogP contribution < -0.4 is 15.8 Å². The van der Waals surface area contributed by atoms with Crippen molar-refractivity contribution in [2.45, 2.75) is 0 Å². The summed E-state index contributed by atoms with van der Waals surface area (Å²) in [5, 5.41) is 2.59.